The van der Waals surface area contributed by atoms with Crippen molar-refractivity contribution in [3.63, 3.8) is 0 Å². The van der Waals surface area contributed by atoms with E-state index in [1.165, 1.54) is 13.2 Å². The molecule has 0 radical (unpaired) electrons. The fourth-order valence-corrected chi connectivity index (χ4v) is 1.60. The number of hydrogen-bond donors (Lipinski definition) is 1. The van der Waals surface area contributed by atoms with Gasteiger partial charge in [0, 0.05) is 30.9 Å². The molecule has 0 fully saturated rings. The van der Waals surface area contributed by atoms with Gasteiger partial charge in [0.25, 0.3) is 0 Å². The number of ether oxygens (including phenoxy) is 1. The normalized spacial score (nSPS) is 11.4. The molecule has 0 aliphatic carbocycles. The van der Waals surface area contributed by atoms with Gasteiger partial charge in [-0.1, -0.05) is 0 Å². The molecule has 0 aliphatic heterocycles. The Bertz CT molecular complexity index is 361. The average Bonchev–Trinajstić information content (AvgIpc) is 2.15. The number of methoxy groups -OCH3 is 1. The molecule has 0 saturated heterocycles. The molecule has 1 aromatic carbocycles. The number of nitrogens with two attached hydrogens (primary N) is 1. The van der Waals surface area contributed by atoms with Crippen LogP contribution >= 0.6 is 0 Å². The summed E-state index contributed by atoms with van der Waals surface area (Å²) in [5.74, 6) is -0.106. The van der Waals surface area contributed by atoms with Gasteiger partial charge in [0.15, 0.2) is 11.6 Å². The Balaban J connectivity index is 2.85. The second-order valence-electron chi connectivity index (χ2n) is 4.66. The second-order valence-corrected chi connectivity index (χ2v) is 4.66. The third-order valence-electron chi connectivity index (χ3n) is 2.22. The zero-order chi connectivity index (χ0) is 12.3. The van der Waals surface area contributed by atoms with Gasteiger partial charge in [-0.2, -0.15) is 0 Å². The monoisotopic (exact) mass is 226 g/mol. The van der Waals surface area contributed by atoms with Crippen LogP contribution in [0.25, 0.3) is 0 Å². The van der Waals surface area contributed by atoms with Crippen LogP contribution in [0.4, 0.5) is 10.1 Å². The minimum absolute atomic E-state index is 0.254. The SMILES string of the molecule is COc1ccc(N(C)CC(C)(C)N)cc1F. The zero-order valence-corrected chi connectivity index (χ0v) is 10.2. The summed E-state index contributed by atoms with van der Waals surface area (Å²) in [4.78, 5) is 1.92. The van der Waals surface area contributed by atoms with Crippen LogP contribution in [0.3, 0.4) is 0 Å². The highest BCUT2D eigenvalue weighted by molar-refractivity contribution is 5.49. The number of nitrogens with zero attached hydrogens (tertiary/aromatic N) is 1. The number of halogens is 1. The van der Waals surface area contributed by atoms with Gasteiger partial charge in [-0.15, -0.1) is 0 Å². The molecule has 0 spiro atoms. The van der Waals surface area contributed by atoms with E-state index in [4.69, 9.17) is 10.5 Å². The highest BCUT2D eigenvalue weighted by atomic mass is 19.1. The van der Waals surface area contributed by atoms with Crippen LogP contribution in [0.2, 0.25) is 0 Å². The van der Waals surface area contributed by atoms with E-state index in [-0.39, 0.29) is 17.1 Å². The lowest BCUT2D eigenvalue weighted by Gasteiger charge is -2.28. The molecule has 3 nitrogen and oxygen atoms in total. The Morgan fingerprint density at radius 2 is 2.06 bits per heavy atom. The van der Waals surface area contributed by atoms with Crippen LogP contribution in [-0.4, -0.2) is 26.2 Å². The van der Waals surface area contributed by atoms with Crippen molar-refractivity contribution in [2.45, 2.75) is 19.4 Å². The van der Waals surface area contributed by atoms with Crippen molar-refractivity contribution in [2.75, 3.05) is 25.6 Å². The maximum Gasteiger partial charge on any atom is 0.167 e. The molecule has 4 heteroatoms. The zero-order valence-electron chi connectivity index (χ0n) is 10.2. The van der Waals surface area contributed by atoms with Crippen LogP contribution in [0.1, 0.15) is 13.8 Å². The molecular formula is C12H19FN2O. The lowest BCUT2D eigenvalue weighted by molar-refractivity contribution is 0.386. The standard InChI is InChI=1S/C12H19FN2O/c1-12(2,14)8-15(3)9-5-6-11(16-4)10(13)7-9/h5-7H,8,14H2,1-4H3. The molecule has 0 saturated carbocycles. The topological polar surface area (TPSA) is 38.5 Å². The Morgan fingerprint density at radius 3 is 2.50 bits per heavy atom. The Morgan fingerprint density at radius 1 is 1.44 bits per heavy atom. The van der Waals surface area contributed by atoms with E-state index in [0.29, 0.717) is 6.54 Å². The van der Waals surface area contributed by atoms with Gasteiger partial charge < -0.3 is 15.4 Å². The van der Waals surface area contributed by atoms with Crippen LogP contribution in [0.5, 0.6) is 5.75 Å². The van der Waals surface area contributed by atoms with Crippen LogP contribution < -0.4 is 15.4 Å². The lowest BCUT2D eigenvalue weighted by Crippen LogP contribution is -2.44. The Kier molecular flexibility index (Phi) is 3.75. The van der Waals surface area contributed by atoms with E-state index < -0.39 is 0 Å². The van der Waals surface area contributed by atoms with E-state index >= 15 is 0 Å². The summed E-state index contributed by atoms with van der Waals surface area (Å²) in [6, 6.07) is 4.88. The van der Waals surface area contributed by atoms with Gasteiger partial charge >= 0.3 is 0 Å². The van der Waals surface area contributed by atoms with E-state index in [1.54, 1.807) is 6.07 Å². The van der Waals surface area contributed by atoms with E-state index in [2.05, 4.69) is 0 Å². The summed E-state index contributed by atoms with van der Waals surface area (Å²) < 4.78 is 18.3. The molecule has 0 unspecified atom stereocenters. The molecule has 0 atom stereocenters. The maximum atomic E-state index is 13.5. The quantitative estimate of drug-likeness (QED) is 0.853. The van der Waals surface area contributed by atoms with Crippen molar-refractivity contribution in [3.8, 4) is 5.75 Å². The minimum atomic E-state index is -0.360. The van der Waals surface area contributed by atoms with Gasteiger partial charge in [0.1, 0.15) is 0 Å². The number of rotatable bonds is 4. The first-order chi connectivity index (χ1) is 7.33. The number of anilines is 1. The summed E-state index contributed by atoms with van der Waals surface area (Å²) in [5.41, 5.74) is 6.38. The molecule has 0 heterocycles. The predicted octanol–water partition coefficient (Wildman–Crippen LogP) is 2.01. The highest BCUT2D eigenvalue weighted by Crippen LogP contribution is 2.23. The molecule has 0 aliphatic rings. The van der Waals surface area contributed by atoms with Crippen LogP contribution in [0.15, 0.2) is 18.2 Å². The van der Waals surface area contributed by atoms with Gasteiger partial charge in [0.2, 0.25) is 0 Å². The van der Waals surface area contributed by atoms with Crippen molar-refractivity contribution < 1.29 is 9.13 Å². The average molecular weight is 226 g/mol. The first kappa shape index (κ1) is 12.8. The first-order valence-corrected chi connectivity index (χ1v) is 5.17. The smallest absolute Gasteiger partial charge is 0.167 e. The van der Waals surface area contributed by atoms with E-state index in [0.717, 1.165) is 5.69 Å². The summed E-state index contributed by atoms with van der Waals surface area (Å²) in [6.07, 6.45) is 0. The van der Waals surface area contributed by atoms with Crippen LogP contribution in [0, 0.1) is 5.82 Å². The van der Waals surface area contributed by atoms with E-state index in [1.807, 2.05) is 31.9 Å². The van der Waals surface area contributed by atoms with Gasteiger partial charge in [0.05, 0.1) is 7.11 Å². The van der Waals surface area contributed by atoms with Crippen LogP contribution in [-0.2, 0) is 0 Å². The molecule has 0 aromatic heterocycles. The minimum Gasteiger partial charge on any atom is -0.494 e. The lowest BCUT2D eigenvalue weighted by atomic mass is 10.1. The first-order valence-electron chi connectivity index (χ1n) is 5.17. The van der Waals surface area contributed by atoms with Gasteiger partial charge in [-0.25, -0.2) is 4.39 Å². The number of likely N-dealkylation sites (N-methyl/N-ethyl adjacent to an activating group) is 1. The second kappa shape index (κ2) is 4.70. The highest BCUT2D eigenvalue weighted by Gasteiger charge is 2.15. The molecular weight excluding hydrogens is 207 g/mol. The fraction of sp³-hybridized carbons (Fsp3) is 0.500. The van der Waals surface area contributed by atoms with Crippen molar-refractivity contribution in [3.05, 3.63) is 24.0 Å². The van der Waals surface area contributed by atoms with E-state index in [9.17, 15) is 4.39 Å². The van der Waals surface area contributed by atoms with Gasteiger partial charge in [-0.3, -0.25) is 0 Å². The summed E-state index contributed by atoms with van der Waals surface area (Å²) >= 11 is 0. The molecule has 16 heavy (non-hydrogen) atoms. The largest absolute Gasteiger partial charge is 0.494 e. The number of hydrogen-bond acceptors (Lipinski definition) is 3. The molecule has 2 N–H and O–H groups in total. The third kappa shape index (κ3) is 3.38. The summed E-state index contributed by atoms with van der Waals surface area (Å²) in [6.45, 7) is 4.52. The van der Waals surface area contributed by atoms with Crippen molar-refractivity contribution in [1.29, 1.82) is 0 Å². The van der Waals surface area contributed by atoms with Gasteiger partial charge in [-0.05, 0) is 26.0 Å². The molecule has 0 bridgehead atoms. The maximum absolute atomic E-state index is 13.5. The third-order valence-corrected chi connectivity index (χ3v) is 2.22. The molecule has 0 amide bonds. The van der Waals surface area contributed by atoms with Crippen molar-refractivity contribution in [2.24, 2.45) is 5.73 Å². The fourth-order valence-electron chi connectivity index (χ4n) is 1.60. The van der Waals surface area contributed by atoms with Crippen molar-refractivity contribution in [1.82, 2.24) is 0 Å². The summed E-state index contributed by atoms with van der Waals surface area (Å²) in [5, 5.41) is 0. The van der Waals surface area contributed by atoms with Crippen molar-refractivity contribution >= 4 is 5.69 Å². The molecule has 90 valence electrons. The molecule has 1 rings (SSSR count). The number of benzene rings is 1. The Labute approximate surface area is 96.0 Å². The predicted molar refractivity (Wildman–Crippen MR) is 64.5 cm³/mol. The summed E-state index contributed by atoms with van der Waals surface area (Å²) in [7, 11) is 3.33. The molecule has 1 aromatic rings. The Hall–Kier alpha value is -1.29.